The fraction of sp³-hybridized carbons (Fsp3) is 0.200. The average Bonchev–Trinajstić information content (AvgIpc) is 2.96. The van der Waals surface area contributed by atoms with Crippen LogP contribution in [-0.2, 0) is 9.53 Å². The van der Waals surface area contributed by atoms with Gasteiger partial charge in [0.2, 0.25) is 5.78 Å². The maximum atomic E-state index is 12.5. The van der Waals surface area contributed by atoms with Crippen molar-refractivity contribution in [2.45, 2.75) is 13.0 Å². The second-order valence-corrected chi connectivity index (χ2v) is 5.66. The summed E-state index contributed by atoms with van der Waals surface area (Å²) in [4.78, 5) is 24.0. The van der Waals surface area contributed by atoms with Crippen LogP contribution < -0.4 is 14.2 Å². The van der Waals surface area contributed by atoms with Crippen molar-refractivity contribution >= 4 is 17.8 Å². The molecule has 2 aromatic rings. The summed E-state index contributed by atoms with van der Waals surface area (Å²) in [5, 5.41) is 0. The summed E-state index contributed by atoms with van der Waals surface area (Å²) in [6.07, 6.45) is 0.893. The van der Waals surface area contributed by atoms with Gasteiger partial charge in [-0.3, -0.25) is 4.79 Å². The van der Waals surface area contributed by atoms with E-state index in [1.54, 1.807) is 44.4 Å². The Hall–Kier alpha value is -3.28. The Morgan fingerprint density at radius 2 is 1.92 bits per heavy atom. The van der Waals surface area contributed by atoms with Crippen molar-refractivity contribution in [2.75, 3.05) is 14.2 Å². The highest BCUT2D eigenvalue weighted by Gasteiger charge is 2.28. The molecule has 1 aliphatic heterocycles. The molecule has 0 amide bonds. The van der Waals surface area contributed by atoms with Crippen molar-refractivity contribution in [3.8, 4) is 17.2 Å². The van der Waals surface area contributed by atoms with Crippen LogP contribution in [0.2, 0.25) is 0 Å². The summed E-state index contributed by atoms with van der Waals surface area (Å²) < 4.78 is 21.0. The van der Waals surface area contributed by atoms with E-state index in [4.69, 9.17) is 14.2 Å². The summed E-state index contributed by atoms with van der Waals surface area (Å²) in [5.41, 5.74) is 1.23. The summed E-state index contributed by atoms with van der Waals surface area (Å²) >= 11 is 0. The van der Waals surface area contributed by atoms with Gasteiger partial charge in [0.15, 0.2) is 11.9 Å². The SMILES string of the molecule is COC(=O)[C@H](C)Oc1ccc2c(c1)OC(=Cc1cccc(OC)c1)C2=O. The van der Waals surface area contributed by atoms with E-state index in [1.807, 2.05) is 18.2 Å². The predicted molar refractivity (Wildman–Crippen MR) is 94.5 cm³/mol. The third-order valence-electron chi connectivity index (χ3n) is 3.88. The number of esters is 1. The average molecular weight is 354 g/mol. The molecule has 3 rings (SSSR count). The molecule has 1 atom stereocenters. The largest absolute Gasteiger partial charge is 0.497 e. The topological polar surface area (TPSA) is 71.1 Å². The van der Waals surface area contributed by atoms with E-state index in [9.17, 15) is 9.59 Å². The summed E-state index contributed by atoms with van der Waals surface area (Å²) in [6, 6.07) is 12.1. The number of methoxy groups -OCH3 is 2. The minimum absolute atomic E-state index is 0.213. The molecule has 0 aliphatic carbocycles. The Bertz CT molecular complexity index is 884. The molecule has 26 heavy (non-hydrogen) atoms. The van der Waals surface area contributed by atoms with Crippen molar-refractivity contribution < 1.29 is 28.5 Å². The van der Waals surface area contributed by atoms with Crippen molar-refractivity contribution in [1.29, 1.82) is 0 Å². The van der Waals surface area contributed by atoms with E-state index in [0.717, 1.165) is 5.56 Å². The van der Waals surface area contributed by atoms with Gasteiger partial charge in [-0.05, 0) is 42.8 Å². The van der Waals surface area contributed by atoms with Crippen LogP contribution in [0.25, 0.3) is 6.08 Å². The predicted octanol–water partition coefficient (Wildman–Crippen LogP) is 3.25. The van der Waals surface area contributed by atoms with E-state index in [0.29, 0.717) is 22.8 Å². The highest BCUT2D eigenvalue weighted by atomic mass is 16.6. The fourth-order valence-corrected chi connectivity index (χ4v) is 2.54. The molecule has 0 saturated heterocycles. The summed E-state index contributed by atoms with van der Waals surface area (Å²) in [7, 11) is 2.87. The molecule has 0 bridgehead atoms. The zero-order valence-electron chi connectivity index (χ0n) is 14.6. The molecule has 0 unspecified atom stereocenters. The first-order valence-corrected chi connectivity index (χ1v) is 7.98. The number of benzene rings is 2. The van der Waals surface area contributed by atoms with E-state index in [2.05, 4.69) is 4.74 Å². The Morgan fingerprint density at radius 3 is 2.65 bits per heavy atom. The van der Waals surface area contributed by atoms with Gasteiger partial charge in [-0.2, -0.15) is 0 Å². The zero-order valence-corrected chi connectivity index (χ0v) is 14.6. The number of carbonyl (C=O) groups is 2. The number of Topliss-reactive ketones (excluding diaryl/α,β-unsaturated/α-hetero) is 1. The van der Waals surface area contributed by atoms with Crippen molar-refractivity contribution in [3.05, 3.63) is 59.4 Å². The minimum Gasteiger partial charge on any atom is -0.497 e. The molecule has 0 saturated carbocycles. The highest BCUT2D eigenvalue weighted by Crippen LogP contribution is 2.35. The molecule has 1 heterocycles. The van der Waals surface area contributed by atoms with Crippen LogP contribution in [0.5, 0.6) is 17.2 Å². The number of rotatable bonds is 5. The van der Waals surface area contributed by atoms with Crippen molar-refractivity contribution in [2.24, 2.45) is 0 Å². The third kappa shape index (κ3) is 3.54. The Kier molecular flexibility index (Phi) is 4.93. The smallest absolute Gasteiger partial charge is 0.346 e. The Morgan fingerprint density at radius 1 is 1.12 bits per heavy atom. The number of ketones is 1. The molecule has 134 valence electrons. The lowest BCUT2D eigenvalue weighted by Gasteiger charge is -2.12. The first kappa shape index (κ1) is 17.5. The van der Waals surface area contributed by atoms with Crippen LogP contribution in [0.15, 0.2) is 48.2 Å². The van der Waals surface area contributed by atoms with Gasteiger partial charge >= 0.3 is 5.97 Å². The first-order valence-electron chi connectivity index (χ1n) is 7.98. The van der Waals surface area contributed by atoms with E-state index >= 15 is 0 Å². The lowest BCUT2D eigenvalue weighted by Crippen LogP contribution is -2.24. The van der Waals surface area contributed by atoms with Gasteiger partial charge in [-0.15, -0.1) is 0 Å². The molecule has 0 spiro atoms. The van der Waals surface area contributed by atoms with Gasteiger partial charge in [-0.25, -0.2) is 4.79 Å². The van der Waals surface area contributed by atoms with E-state index in [-0.39, 0.29) is 11.5 Å². The monoisotopic (exact) mass is 354 g/mol. The normalized spacial score (nSPS) is 15.2. The Labute approximate surface area is 150 Å². The number of fused-ring (bicyclic) bond motifs is 1. The van der Waals surface area contributed by atoms with Crippen LogP contribution in [0.1, 0.15) is 22.8 Å². The third-order valence-corrected chi connectivity index (χ3v) is 3.88. The van der Waals surface area contributed by atoms with Crippen LogP contribution in [0.3, 0.4) is 0 Å². The van der Waals surface area contributed by atoms with E-state index in [1.165, 1.54) is 7.11 Å². The molecule has 0 radical (unpaired) electrons. The molecular formula is C20H18O6. The molecule has 2 aromatic carbocycles. The summed E-state index contributed by atoms with van der Waals surface area (Å²) in [6.45, 7) is 1.58. The number of hydrogen-bond donors (Lipinski definition) is 0. The summed E-state index contributed by atoms with van der Waals surface area (Å²) in [5.74, 6) is 1.01. The van der Waals surface area contributed by atoms with Gasteiger partial charge in [0, 0.05) is 6.07 Å². The van der Waals surface area contributed by atoms with E-state index < -0.39 is 12.1 Å². The van der Waals surface area contributed by atoms with Gasteiger partial charge < -0.3 is 18.9 Å². The molecular weight excluding hydrogens is 336 g/mol. The van der Waals surface area contributed by atoms with Gasteiger partial charge in [0.25, 0.3) is 0 Å². The number of ether oxygens (including phenoxy) is 4. The second-order valence-electron chi connectivity index (χ2n) is 5.66. The molecule has 0 N–H and O–H groups in total. The molecule has 1 aliphatic rings. The highest BCUT2D eigenvalue weighted by molar-refractivity contribution is 6.14. The molecule has 6 nitrogen and oxygen atoms in total. The number of carbonyl (C=O) groups excluding carboxylic acids is 2. The molecule has 0 fully saturated rings. The Balaban J connectivity index is 1.82. The number of allylic oxidation sites excluding steroid dienone is 1. The maximum Gasteiger partial charge on any atom is 0.346 e. The quantitative estimate of drug-likeness (QED) is 0.606. The van der Waals surface area contributed by atoms with Gasteiger partial charge in [0.05, 0.1) is 19.8 Å². The minimum atomic E-state index is -0.762. The van der Waals surface area contributed by atoms with Crippen molar-refractivity contribution in [3.63, 3.8) is 0 Å². The van der Waals surface area contributed by atoms with Crippen LogP contribution in [0, 0.1) is 0 Å². The van der Waals surface area contributed by atoms with Gasteiger partial charge in [-0.1, -0.05) is 12.1 Å². The molecule has 0 aromatic heterocycles. The lowest BCUT2D eigenvalue weighted by atomic mass is 10.1. The fourth-order valence-electron chi connectivity index (χ4n) is 2.54. The standard InChI is InChI=1S/C20H18O6/c1-12(20(22)24-3)25-15-7-8-16-17(11-15)26-18(19(16)21)10-13-5-4-6-14(9-13)23-2/h4-12H,1-3H3/t12-/m0/s1. The number of hydrogen-bond acceptors (Lipinski definition) is 6. The van der Waals surface area contributed by atoms with Crippen LogP contribution >= 0.6 is 0 Å². The second kappa shape index (κ2) is 7.31. The first-order chi connectivity index (χ1) is 12.5. The maximum absolute atomic E-state index is 12.5. The lowest BCUT2D eigenvalue weighted by molar-refractivity contribution is -0.147. The van der Waals surface area contributed by atoms with Crippen LogP contribution in [-0.4, -0.2) is 32.1 Å². The zero-order chi connectivity index (χ0) is 18.7. The van der Waals surface area contributed by atoms with Crippen LogP contribution in [0.4, 0.5) is 0 Å². The van der Waals surface area contributed by atoms with Gasteiger partial charge in [0.1, 0.15) is 17.2 Å². The van der Waals surface area contributed by atoms with Crippen molar-refractivity contribution in [1.82, 2.24) is 0 Å². The molecule has 6 heteroatoms.